The number of hydrogen-bond acceptors (Lipinski definition) is 3. The van der Waals surface area contributed by atoms with Crippen LogP contribution in [0.1, 0.15) is 5.69 Å². The van der Waals surface area contributed by atoms with Crippen molar-refractivity contribution in [2.75, 3.05) is 6.61 Å². The van der Waals surface area contributed by atoms with Crippen molar-refractivity contribution in [1.29, 1.82) is 5.26 Å². The molecule has 1 aromatic heterocycles. The average molecular weight is 147 g/mol. The maximum atomic E-state index is 8.13. The van der Waals surface area contributed by atoms with Gasteiger partial charge in [0.15, 0.2) is 0 Å². The largest absolute Gasteiger partial charge is 0.354 e. The Balaban J connectivity index is 2.35. The van der Waals surface area contributed by atoms with Crippen molar-refractivity contribution >= 4 is 0 Å². The van der Waals surface area contributed by atoms with E-state index in [1.54, 1.807) is 12.3 Å². The third kappa shape index (κ3) is 2.78. The van der Waals surface area contributed by atoms with Crippen LogP contribution < -0.4 is 0 Å². The third-order valence-electron chi connectivity index (χ3n) is 1.04. The molecular formula is C8H7N2O. The van der Waals surface area contributed by atoms with E-state index in [2.05, 4.69) is 4.98 Å². The molecule has 0 aliphatic heterocycles. The van der Waals surface area contributed by atoms with Crippen LogP contribution >= 0.6 is 0 Å². The monoisotopic (exact) mass is 147 g/mol. The van der Waals surface area contributed by atoms with E-state index in [0.717, 1.165) is 5.69 Å². The van der Waals surface area contributed by atoms with Crippen molar-refractivity contribution in [1.82, 2.24) is 4.98 Å². The zero-order valence-electron chi connectivity index (χ0n) is 5.90. The van der Waals surface area contributed by atoms with Crippen LogP contribution in [0.4, 0.5) is 0 Å². The molecule has 55 valence electrons. The number of nitrogens with zero attached hydrogens (tertiary/aromatic N) is 2. The number of aromatic nitrogens is 1. The fourth-order valence-electron chi connectivity index (χ4n) is 0.610. The highest BCUT2D eigenvalue weighted by Crippen LogP contribution is 1.97. The lowest BCUT2D eigenvalue weighted by atomic mass is 10.4. The standard InChI is InChI=1S/C8H7N2O/c9-4-6-11-7-8-3-1-2-5-10-8/h1-3,5,7H,6H2. The Morgan fingerprint density at radius 3 is 3.18 bits per heavy atom. The van der Waals surface area contributed by atoms with Gasteiger partial charge in [-0.05, 0) is 12.1 Å². The Morgan fingerprint density at radius 2 is 2.55 bits per heavy atom. The van der Waals surface area contributed by atoms with E-state index < -0.39 is 0 Å². The summed E-state index contributed by atoms with van der Waals surface area (Å²) in [6, 6.07) is 7.34. The quantitative estimate of drug-likeness (QED) is 0.602. The van der Waals surface area contributed by atoms with E-state index in [4.69, 9.17) is 10.00 Å². The summed E-state index contributed by atoms with van der Waals surface area (Å²) < 4.78 is 4.82. The van der Waals surface area contributed by atoms with E-state index in [9.17, 15) is 0 Å². The molecular weight excluding hydrogens is 140 g/mol. The molecule has 0 atom stereocenters. The third-order valence-corrected chi connectivity index (χ3v) is 1.04. The van der Waals surface area contributed by atoms with Crippen LogP contribution in [0.3, 0.4) is 0 Å². The summed E-state index contributed by atoms with van der Waals surface area (Å²) in [6.45, 7) is 1.53. The zero-order chi connectivity index (χ0) is 7.94. The summed E-state index contributed by atoms with van der Waals surface area (Å²) in [4.78, 5) is 3.96. The predicted molar refractivity (Wildman–Crippen MR) is 39.2 cm³/mol. The van der Waals surface area contributed by atoms with Gasteiger partial charge < -0.3 is 4.74 Å². The minimum atomic E-state index is 0.0660. The molecule has 0 aliphatic rings. The van der Waals surface area contributed by atoms with E-state index in [0.29, 0.717) is 0 Å². The molecule has 0 aromatic carbocycles. The van der Waals surface area contributed by atoms with Gasteiger partial charge in [-0.25, -0.2) is 0 Å². The minimum Gasteiger partial charge on any atom is -0.354 e. The van der Waals surface area contributed by atoms with E-state index in [1.807, 2.05) is 18.2 Å². The van der Waals surface area contributed by atoms with Crippen LogP contribution in [-0.2, 0) is 4.74 Å². The SMILES string of the molecule is N#CCO[CH]c1ccccn1. The summed E-state index contributed by atoms with van der Waals surface area (Å²) in [5.41, 5.74) is 0.725. The molecule has 1 rings (SSSR count). The molecule has 0 spiro atoms. The van der Waals surface area contributed by atoms with Crippen molar-refractivity contribution in [3.8, 4) is 6.07 Å². The number of ether oxygens (including phenoxy) is 1. The van der Waals surface area contributed by atoms with Crippen molar-refractivity contribution in [2.45, 2.75) is 0 Å². The number of rotatable bonds is 3. The summed E-state index contributed by atoms with van der Waals surface area (Å²) >= 11 is 0. The molecule has 0 aliphatic carbocycles. The average Bonchev–Trinajstić information content (AvgIpc) is 2.07. The van der Waals surface area contributed by atoms with Gasteiger partial charge in [-0.1, -0.05) is 6.07 Å². The second-order valence-electron chi connectivity index (χ2n) is 1.84. The number of hydrogen-bond donors (Lipinski definition) is 0. The summed E-state index contributed by atoms with van der Waals surface area (Å²) in [6.07, 6.45) is 1.67. The highest BCUT2D eigenvalue weighted by atomic mass is 16.5. The summed E-state index contributed by atoms with van der Waals surface area (Å²) in [7, 11) is 0. The van der Waals surface area contributed by atoms with Gasteiger partial charge in [0.25, 0.3) is 0 Å². The lowest BCUT2D eigenvalue weighted by Crippen LogP contribution is -1.91. The Labute approximate surface area is 65.3 Å². The highest BCUT2D eigenvalue weighted by Gasteiger charge is 1.91. The molecule has 0 saturated heterocycles. The summed E-state index contributed by atoms with van der Waals surface area (Å²) in [5, 5.41) is 8.13. The van der Waals surface area contributed by atoms with E-state index in [1.165, 1.54) is 6.61 Å². The van der Waals surface area contributed by atoms with Crippen molar-refractivity contribution in [2.24, 2.45) is 0 Å². The molecule has 1 aromatic rings. The first kappa shape index (κ1) is 7.70. The lowest BCUT2D eigenvalue weighted by molar-refractivity contribution is 0.250. The maximum absolute atomic E-state index is 8.13. The van der Waals surface area contributed by atoms with Gasteiger partial charge in [0.05, 0.1) is 11.8 Å². The fourth-order valence-corrected chi connectivity index (χ4v) is 0.610. The molecule has 3 nitrogen and oxygen atoms in total. The van der Waals surface area contributed by atoms with Crippen LogP contribution in [0.15, 0.2) is 24.4 Å². The molecule has 0 bridgehead atoms. The van der Waals surface area contributed by atoms with Crippen molar-refractivity contribution in [3.05, 3.63) is 36.7 Å². The lowest BCUT2D eigenvalue weighted by Gasteiger charge is -1.95. The maximum Gasteiger partial charge on any atom is 0.134 e. The first-order chi connectivity index (χ1) is 5.43. The van der Waals surface area contributed by atoms with E-state index in [-0.39, 0.29) is 6.61 Å². The molecule has 0 amide bonds. The molecule has 11 heavy (non-hydrogen) atoms. The zero-order valence-corrected chi connectivity index (χ0v) is 5.90. The van der Waals surface area contributed by atoms with Gasteiger partial charge in [-0.3, -0.25) is 4.98 Å². The Hall–Kier alpha value is -1.40. The Kier molecular flexibility index (Phi) is 3.10. The van der Waals surface area contributed by atoms with Gasteiger partial charge in [-0.2, -0.15) is 5.26 Å². The number of nitriles is 1. The molecule has 1 radical (unpaired) electrons. The van der Waals surface area contributed by atoms with Crippen LogP contribution in [0.25, 0.3) is 0 Å². The van der Waals surface area contributed by atoms with Crippen molar-refractivity contribution in [3.63, 3.8) is 0 Å². The second kappa shape index (κ2) is 4.42. The van der Waals surface area contributed by atoms with Crippen molar-refractivity contribution < 1.29 is 4.74 Å². The van der Waals surface area contributed by atoms with Gasteiger partial charge in [0.2, 0.25) is 0 Å². The Bertz CT molecular complexity index is 240. The van der Waals surface area contributed by atoms with Gasteiger partial charge in [-0.15, -0.1) is 0 Å². The van der Waals surface area contributed by atoms with Gasteiger partial charge >= 0.3 is 0 Å². The van der Waals surface area contributed by atoms with Crippen LogP contribution in [0, 0.1) is 17.9 Å². The Morgan fingerprint density at radius 1 is 1.64 bits per heavy atom. The number of pyridine rings is 1. The molecule has 0 unspecified atom stereocenters. The van der Waals surface area contributed by atoms with E-state index >= 15 is 0 Å². The normalized spacial score (nSPS) is 9.00. The smallest absolute Gasteiger partial charge is 0.134 e. The molecule has 0 fully saturated rings. The topological polar surface area (TPSA) is 45.9 Å². The minimum absolute atomic E-state index is 0.0660. The fraction of sp³-hybridized carbons (Fsp3) is 0.125. The molecule has 0 saturated carbocycles. The first-order valence-corrected chi connectivity index (χ1v) is 3.16. The molecule has 1 heterocycles. The van der Waals surface area contributed by atoms with Crippen LogP contribution in [-0.4, -0.2) is 11.6 Å². The van der Waals surface area contributed by atoms with Gasteiger partial charge in [0.1, 0.15) is 13.2 Å². The van der Waals surface area contributed by atoms with Crippen LogP contribution in [0.5, 0.6) is 0 Å². The second-order valence-corrected chi connectivity index (χ2v) is 1.84. The van der Waals surface area contributed by atoms with Gasteiger partial charge in [0, 0.05) is 6.20 Å². The summed E-state index contributed by atoms with van der Waals surface area (Å²) in [5.74, 6) is 0. The van der Waals surface area contributed by atoms with Crippen LogP contribution in [0.2, 0.25) is 0 Å². The molecule has 3 heteroatoms. The first-order valence-electron chi connectivity index (χ1n) is 3.16. The molecule has 0 N–H and O–H groups in total. The highest BCUT2D eigenvalue weighted by molar-refractivity contribution is 5.09. The predicted octanol–water partition coefficient (Wildman–Crippen LogP) is 1.13.